The Bertz CT molecular complexity index is 1280. The molecule has 2 aliphatic heterocycles. The Morgan fingerprint density at radius 3 is 2.57 bits per heavy atom. The molecule has 0 bridgehead atoms. The van der Waals surface area contributed by atoms with Crippen molar-refractivity contribution in [3.63, 3.8) is 0 Å². The number of hydrogen-bond donors (Lipinski definition) is 0. The van der Waals surface area contributed by atoms with E-state index < -0.39 is 6.17 Å². The molecule has 37 heavy (non-hydrogen) atoms. The second-order valence-electron chi connectivity index (χ2n) is 9.51. The van der Waals surface area contributed by atoms with Crippen LogP contribution in [0.1, 0.15) is 24.8 Å². The summed E-state index contributed by atoms with van der Waals surface area (Å²) in [7, 11) is 3.35. The molecule has 3 aromatic rings. The fourth-order valence-corrected chi connectivity index (χ4v) is 5.15. The summed E-state index contributed by atoms with van der Waals surface area (Å²) >= 11 is 0. The molecule has 192 valence electrons. The van der Waals surface area contributed by atoms with Gasteiger partial charge in [0, 0.05) is 20.1 Å². The molecule has 0 aliphatic carbocycles. The number of aryl methyl sites for hydroxylation is 1. The highest BCUT2D eigenvalue weighted by molar-refractivity contribution is 6.03. The van der Waals surface area contributed by atoms with Crippen LogP contribution >= 0.6 is 0 Å². The second kappa shape index (κ2) is 10.5. The minimum absolute atomic E-state index is 0.215. The number of benzene rings is 2. The van der Waals surface area contributed by atoms with E-state index in [0.29, 0.717) is 42.1 Å². The Morgan fingerprint density at radius 2 is 1.86 bits per heavy atom. The standard InChI is InChI=1S/C28H30FN5O3/c1-32-25(18-35)34(23-17-30-26(31-27(23)32)22-5-3-4-6-24(22)37-2)28(36)33-15-13-20(14-16-33)8-7-19-9-11-21(29)12-10-19/h3-6,9-12,17-18,20,25H,7-8,13-16H2,1-2H3. The van der Waals surface area contributed by atoms with Crippen LogP contribution in [0.3, 0.4) is 0 Å². The van der Waals surface area contributed by atoms with Gasteiger partial charge in [-0.1, -0.05) is 24.3 Å². The molecule has 1 saturated heterocycles. The number of aromatic nitrogens is 2. The van der Waals surface area contributed by atoms with E-state index in [0.717, 1.165) is 43.1 Å². The number of anilines is 2. The Kier molecular flexibility index (Phi) is 7.03. The average Bonchev–Trinajstić information content (AvgIpc) is 3.23. The molecule has 0 saturated carbocycles. The second-order valence-corrected chi connectivity index (χ2v) is 9.51. The quantitative estimate of drug-likeness (QED) is 0.460. The third-order valence-corrected chi connectivity index (χ3v) is 7.32. The maximum Gasteiger partial charge on any atom is 0.326 e. The van der Waals surface area contributed by atoms with Crippen LogP contribution in [0.15, 0.2) is 54.7 Å². The number of aldehydes is 1. The van der Waals surface area contributed by atoms with Gasteiger partial charge in [0.15, 0.2) is 24.1 Å². The van der Waals surface area contributed by atoms with Crippen molar-refractivity contribution in [1.82, 2.24) is 14.9 Å². The van der Waals surface area contributed by atoms with Gasteiger partial charge >= 0.3 is 6.03 Å². The first-order valence-electron chi connectivity index (χ1n) is 12.5. The van der Waals surface area contributed by atoms with Gasteiger partial charge in [-0.3, -0.25) is 9.69 Å². The molecule has 1 atom stereocenters. The molecule has 3 heterocycles. The first kappa shape index (κ1) is 24.7. The van der Waals surface area contributed by atoms with Crippen LogP contribution in [-0.2, 0) is 11.2 Å². The van der Waals surface area contributed by atoms with E-state index >= 15 is 0 Å². The van der Waals surface area contributed by atoms with E-state index in [-0.39, 0.29) is 11.8 Å². The van der Waals surface area contributed by atoms with Gasteiger partial charge in [-0.2, -0.15) is 0 Å². The molecular weight excluding hydrogens is 473 g/mol. The number of nitrogens with zero attached hydrogens (tertiary/aromatic N) is 5. The third kappa shape index (κ3) is 4.85. The first-order chi connectivity index (χ1) is 18.0. The highest BCUT2D eigenvalue weighted by atomic mass is 19.1. The molecule has 1 unspecified atom stereocenters. The van der Waals surface area contributed by atoms with Crippen LogP contribution in [0.2, 0.25) is 0 Å². The topological polar surface area (TPSA) is 78.9 Å². The van der Waals surface area contributed by atoms with E-state index in [2.05, 4.69) is 4.98 Å². The van der Waals surface area contributed by atoms with Crippen molar-refractivity contribution < 1.29 is 18.7 Å². The van der Waals surface area contributed by atoms with Crippen LogP contribution in [0, 0.1) is 11.7 Å². The predicted octanol–water partition coefficient (Wildman–Crippen LogP) is 4.54. The van der Waals surface area contributed by atoms with E-state index in [1.165, 1.54) is 17.0 Å². The maximum atomic E-state index is 13.6. The van der Waals surface area contributed by atoms with Crippen molar-refractivity contribution in [2.24, 2.45) is 5.92 Å². The lowest BCUT2D eigenvalue weighted by Gasteiger charge is -2.36. The van der Waals surface area contributed by atoms with Crippen molar-refractivity contribution in [3.05, 3.63) is 66.1 Å². The number of para-hydroxylation sites is 1. The highest BCUT2D eigenvalue weighted by Gasteiger charge is 2.42. The Labute approximate surface area is 215 Å². The van der Waals surface area contributed by atoms with Crippen molar-refractivity contribution in [3.8, 4) is 17.1 Å². The summed E-state index contributed by atoms with van der Waals surface area (Å²) in [6.07, 6.45) is 5.24. The molecule has 8 nitrogen and oxygen atoms in total. The molecule has 2 amide bonds. The monoisotopic (exact) mass is 503 g/mol. The molecule has 0 N–H and O–H groups in total. The number of carbonyl (C=O) groups is 2. The van der Waals surface area contributed by atoms with Crippen LogP contribution in [0.25, 0.3) is 11.4 Å². The smallest absolute Gasteiger partial charge is 0.326 e. The zero-order valence-electron chi connectivity index (χ0n) is 21.0. The highest BCUT2D eigenvalue weighted by Crippen LogP contribution is 2.39. The van der Waals surface area contributed by atoms with E-state index in [9.17, 15) is 14.0 Å². The summed E-state index contributed by atoms with van der Waals surface area (Å²) in [5, 5.41) is 0. The fraction of sp³-hybridized carbons (Fsp3) is 0.357. The number of hydrogen-bond acceptors (Lipinski definition) is 6. The fourth-order valence-electron chi connectivity index (χ4n) is 5.15. The normalized spacial score (nSPS) is 17.6. The molecule has 1 fully saturated rings. The number of urea groups is 1. The molecule has 2 aromatic carbocycles. The minimum atomic E-state index is -0.791. The first-order valence-corrected chi connectivity index (χ1v) is 12.5. The van der Waals surface area contributed by atoms with E-state index in [4.69, 9.17) is 9.72 Å². The van der Waals surface area contributed by atoms with Gasteiger partial charge in [0.25, 0.3) is 0 Å². The van der Waals surface area contributed by atoms with Crippen LogP contribution in [0.5, 0.6) is 5.75 Å². The summed E-state index contributed by atoms with van der Waals surface area (Å²) < 4.78 is 18.6. The molecule has 1 aromatic heterocycles. The van der Waals surface area contributed by atoms with Crippen molar-refractivity contribution in [2.45, 2.75) is 31.8 Å². The largest absolute Gasteiger partial charge is 0.496 e. The third-order valence-electron chi connectivity index (χ3n) is 7.32. The lowest BCUT2D eigenvalue weighted by atomic mass is 9.90. The SMILES string of the molecule is COc1ccccc1-c1ncc2c(n1)N(C)C(C=O)N2C(=O)N1CCC(CCc2ccc(F)cc2)CC1. The van der Waals surface area contributed by atoms with Crippen molar-refractivity contribution in [2.75, 3.05) is 37.0 Å². The lowest BCUT2D eigenvalue weighted by molar-refractivity contribution is -0.108. The van der Waals surface area contributed by atoms with Crippen molar-refractivity contribution in [1.29, 1.82) is 0 Å². The number of piperidine rings is 1. The van der Waals surface area contributed by atoms with Gasteiger partial charge in [-0.15, -0.1) is 0 Å². The van der Waals surface area contributed by atoms with Gasteiger partial charge in [0.05, 0.1) is 18.9 Å². The van der Waals surface area contributed by atoms with E-state index in [1.807, 2.05) is 41.3 Å². The summed E-state index contributed by atoms with van der Waals surface area (Å²) in [5.74, 6) is 1.90. The summed E-state index contributed by atoms with van der Waals surface area (Å²) in [5.41, 5.74) is 2.37. The number of methoxy groups -OCH3 is 1. The zero-order chi connectivity index (χ0) is 25.9. The van der Waals surface area contributed by atoms with Gasteiger partial charge in [0.2, 0.25) is 0 Å². The number of carbonyl (C=O) groups excluding carboxylic acids is 2. The van der Waals surface area contributed by atoms with Crippen molar-refractivity contribution >= 4 is 23.8 Å². The maximum absolute atomic E-state index is 13.6. The molecular formula is C28H30FN5O3. The number of likely N-dealkylation sites (N-methyl/N-ethyl adjacent to an activating group) is 1. The lowest BCUT2D eigenvalue weighted by Crippen LogP contribution is -2.53. The Hall–Kier alpha value is -4.01. The summed E-state index contributed by atoms with van der Waals surface area (Å²) in [4.78, 5) is 39.9. The number of likely N-dealkylation sites (tertiary alicyclic amines) is 1. The molecule has 9 heteroatoms. The molecule has 2 aliphatic rings. The van der Waals surface area contributed by atoms with Gasteiger partial charge in [0.1, 0.15) is 17.3 Å². The van der Waals surface area contributed by atoms with Crippen LogP contribution in [-0.4, -0.2) is 60.6 Å². The zero-order valence-corrected chi connectivity index (χ0v) is 21.0. The van der Waals surface area contributed by atoms with Gasteiger partial charge in [-0.25, -0.2) is 19.2 Å². The number of ether oxygens (including phenoxy) is 1. The van der Waals surface area contributed by atoms with Gasteiger partial charge in [-0.05, 0) is 61.4 Å². The number of amides is 2. The molecule has 0 spiro atoms. The Balaban J connectivity index is 1.29. The number of halogens is 1. The number of rotatable bonds is 6. The van der Waals surface area contributed by atoms with Crippen LogP contribution < -0.4 is 14.5 Å². The Morgan fingerprint density at radius 1 is 1.14 bits per heavy atom. The van der Waals surface area contributed by atoms with Crippen LogP contribution in [0.4, 0.5) is 20.7 Å². The van der Waals surface area contributed by atoms with Gasteiger partial charge < -0.3 is 14.5 Å². The molecule has 5 rings (SSSR count). The summed E-state index contributed by atoms with van der Waals surface area (Å²) in [6, 6.07) is 13.9. The average molecular weight is 504 g/mol. The number of fused-ring (bicyclic) bond motifs is 1. The molecule has 0 radical (unpaired) electrons. The minimum Gasteiger partial charge on any atom is -0.496 e. The van der Waals surface area contributed by atoms with E-state index in [1.54, 1.807) is 25.3 Å². The summed E-state index contributed by atoms with van der Waals surface area (Å²) in [6.45, 7) is 1.24. The predicted molar refractivity (Wildman–Crippen MR) is 139 cm³/mol.